The SMILES string of the molecule is [Cl-].[Cl-].[OH-].[OH-].[Ru+4]. The van der Waals surface area contributed by atoms with Crippen LogP contribution < -0.4 is 24.8 Å². The summed E-state index contributed by atoms with van der Waals surface area (Å²) in [7, 11) is 0. The molecular weight excluding hydrogens is 204 g/mol. The second kappa shape index (κ2) is 69.0. The first kappa shape index (κ1) is 127. The Morgan fingerprint density at radius 1 is 0.600 bits per heavy atom. The van der Waals surface area contributed by atoms with E-state index in [1.165, 1.54) is 0 Å². The molecule has 0 aliphatic heterocycles. The molecule has 0 atom stereocenters. The first-order valence-electron chi connectivity index (χ1n) is 0. The Bertz CT molecular complexity index is 7.61. The molecule has 0 spiro atoms. The van der Waals surface area contributed by atoms with E-state index < -0.39 is 0 Å². The molecule has 0 bridgehead atoms. The van der Waals surface area contributed by atoms with Crippen LogP contribution >= 0.6 is 0 Å². The molecule has 5 heavy (non-hydrogen) atoms. The van der Waals surface area contributed by atoms with Crippen LogP contribution in [-0.4, -0.2) is 11.0 Å². The van der Waals surface area contributed by atoms with Crippen LogP contribution in [0.5, 0.6) is 0 Å². The zero-order valence-corrected chi connectivity index (χ0v) is 5.25. The van der Waals surface area contributed by atoms with Crippen molar-refractivity contribution in [1.82, 2.24) is 0 Å². The Balaban J connectivity index is 0. The van der Waals surface area contributed by atoms with E-state index in [1.54, 1.807) is 0 Å². The molecule has 2 nitrogen and oxygen atoms in total. The predicted molar refractivity (Wildman–Crippen MR) is 3.87 cm³/mol. The Morgan fingerprint density at radius 3 is 0.600 bits per heavy atom. The van der Waals surface area contributed by atoms with Crippen molar-refractivity contribution in [1.29, 1.82) is 0 Å². The molecule has 0 aromatic rings. The van der Waals surface area contributed by atoms with Crippen molar-refractivity contribution in [3.05, 3.63) is 0 Å². The minimum absolute atomic E-state index is 0. The zero-order valence-electron chi connectivity index (χ0n) is 2.00. The summed E-state index contributed by atoms with van der Waals surface area (Å²) in [5, 5.41) is 0. The monoisotopic (exact) mass is 206 g/mol. The van der Waals surface area contributed by atoms with Gasteiger partial charge >= 0.3 is 19.5 Å². The fraction of sp³-hybridized carbons (Fsp3) is 0. The summed E-state index contributed by atoms with van der Waals surface area (Å²) in [5.74, 6) is 0. The van der Waals surface area contributed by atoms with Gasteiger partial charge in [-0.05, 0) is 0 Å². The Kier molecular flexibility index (Phi) is 1760. The maximum Gasteiger partial charge on any atom is 4.00 e. The first-order valence-corrected chi connectivity index (χ1v) is 0. The van der Waals surface area contributed by atoms with Crippen LogP contribution in [0.2, 0.25) is 0 Å². The smallest absolute Gasteiger partial charge is 1.00 e. The third-order valence-corrected chi connectivity index (χ3v) is 0. The summed E-state index contributed by atoms with van der Waals surface area (Å²) in [5.41, 5.74) is 0. The number of hydrogen-bond donors (Lipinski definition) is 0. The van der Waals surface area contributed by atoms with Gasteiger partial charge in [-0.2, -0.15) is 0 Å². The van der Waals surface area contributed by atoms with Crippen molar-refractivity contribution < 1.29 is 55.2 Å². The largest absolute Gasteiger partial charge is 4.00 e. The van der Waals surface area contributed by atoms with E-state index in [0.29, 0.717) is 0 Å². The average Bonchev–Trinajstić information content (AvgIpc) is 0. The van der Waals surface area contributed by atoms with E-state index in [0.717, 1.165) is 0 Å². The van der Waals surface area contributed by atoms with Crippen molar-refractivity contribution >= 4 is 0 Å². The molecular formula is H2Cl2O2Ru. The van der Waals surface area contributed by atoms with Gasteiger partial charge in [0, 0.05) is 0 Å². The molecule has 0 saturated carbocycles. The van der Waals surface area contributed by atoms with Crippen molar-refractivity contribution in [2.75, 3.05) is 0 Å². The van der Waals surface area contributed by atoms with Gasteiger partial charge in [0.05, 0.1) is 0 Å². The first-order chi connectivity index (χ1) is 0. The van der Waals surface area contributed by atoms with Crippen molar-refractivity contribution in [3.63, 3.8) is 0 Å². The Hall–Kier alpha value is 1.12. The van der Waals surface area contributed by atoms with Crippen molar-refractivity contribution in [3.8, 4) is 0 Å². The summed E-state index contributed by atoms with van der Waals surface area (Å²) in [6.07, 6.45) is 0. The summed E-state index contributed by atoms with van der Waals surface area (Å²) >= 11 is 0. The van der Waals surface area contributed by atoms with E-state index in [-0.39, 0.29) is 55.2 Å². The van der Waals surface area contributed by atoms with Gasteiger partial charge in [-0.3, -0.25) is 0 Å². The molecule has 0 aromatic carbocycles. The Labute approximate surface area is 55.5 Å². The van der Waals surface area contributed by atoms with Crippen LogP contribution in [-0.2, 0) is 19.5 Å². The normalized spacial score (nSPS) is 0. The summed E-state index contributed by atoms with van der Waals surface area (Å²) < 4.78 is 0. The predicted octanol–water partition coefficient (Wildman–Crippen LogP) is -6.35. The van der Waals surface area contributed by atoms with Crippen LogP contribution in [0.3, 0.4) is 0 Å². The van der Waals surface area contributed by atoms with Crippen molar-refractivity contribution in [2.45, 2.75) is 0 Å². The number of rotatable bonds is 0. The topological polar surface area (TPSA) is 60.0 Å². The van der Waals surface area contributed by atoms with Crippen LogP contribution in [0.25, 0.3) is 0 Å². The summed E-state index contributed by atoms with van der Waals surface area (Å²) in [6, 6.07) is 0. The summed E-state index contributed by atoms with van der Waals surface area (Å²) in [4.78, 5) is 0. The quantitative estimate of drug-likeness (QED) is 0.370. The molecule has 0 rings (SSSR count). The van der Waals surface area contributed by atoms with E-state index in [2.05, 4.69) is 0 Å². The molecule has 0 aromatic heterocycles. The van der Waals surface area contributed by atoms with Gasteiger partial charge in [0.1, 0.15) is 0 Å². The molecule has 5 heteroatoms. The van der Waals surface area contributed by atoms with E-state index in [4.69, 9.17) is 0 Å². The fourth-order valence-electron chi connectivity index (χ4n) is 0. The summed E-state index contributed by atoms with van der Waals surface area (Å²) in [6.45, 7) is 0. The fourth-order valence-corrected chi connectivity index (χ4v) is 0. The maximum absolute atomic E-state index is 0. The Morgan fingerprint density at radius 2 is 0.600 bits per heavy atom. The molecule has 0 unspecified atom stereocenters. The van der Waals surface area contributed by atoms with Crippen LogP contribution in [0.4, 0.5) is 0 Å². The van der Waals surface area contributed by atoms with Crippen molar-refractivity contribution in [2.24, 2.45) is 0 Å². The average molecular weight is 206 g/mol. The van der Waals surface area contributed by atoms with Gasteiger partial charge in [0.25, 0.3) is 0 Å². The van der Waals surface area contributed by atoms with Gasteiger partial charge in [-0.1, -0.05) is 0 Å². The standard InChI is InChI=1S/2ClH.2H2O.Ru/h2*1H;2*1H2;/q;;;;+4/p-4. The molecule has 36 valence electrons. The zero-order chi connectivity index (χ0) is 0. The molecule has 0 radical (unpaired) electrons. The van der Waals surface area contributed by atoms with Gasteiger partial charge in [-0.15, -0.1) is 0 Å². The van der Waals surface area contributed by atoms with Gasteiger partial charge < -0.3 is 35.8 Å². The van der Waals surface area contributed by atoms with Gasteiger partial charge in [-0.25, -0.2) is 0 Å². The third-order valence-electron chi connectivity index (χ3n) is 0. The van der Waals surface area contributed by atoms with E-state index in [1.807, 2.05) is 0 Å². The second-order valence-electron chi connectivity index (χ2n) is 0. The second-order valence-corrected chi connectivity index (χ2v) is 0. The minimum Gasteiger partial charge on any atom is -1.00 e. The van der Waals surface area contributed by atoms with Gasteiger partial charge in [0.2, 0.25) is 0 Å². The molecule has 0 heterocycles. The molecule has 0 saturated heterocycles. The minimum atomic E-state index is 0. The third kappa shape index (κ3) is 39.6. The number of hydrogen-bond acceptors (Lipinski definition) is 2. The van der Waals surface area contributed by atoms with E-state index in [9.17, 15) is 0 Å². The molecule has 0 amide bonds. The molecule has 0 fully saturated rings. The number of halogens is 2. The van der Waals surface area contributed by atoms with Crippen LogP contribution in [0.15, 0.2) is 0 Å². The molecule has 0 aliphatic rings. The van der Waals surface area contributed by atoms with Gasteiger partial charge in [0.15, 0.2) is 0 Å². The van der Waals surface area contributed by atoms with Crippen LogP contribution in [0.1, 0.15) is 0 Å². The van der Waals surface area contributed by atoms with E-state index >= 15 is 0 Å². The van der Waals surface area contributed by atoms with Crippen LogP contribution in [0, 0.1) is 0 Å². The maximum atomic E-state index is 0. The molecule has 2 N–H and O–H groups in total. The molecule has 0 aliphatic carbocycles.